The van der Waals surface area contributed by atoms with Crippen molar-refractivity contribution >= 4 is 17.4 Å². The van der Waals surface area contributed by atoms with Crippen molar-refractivity contribution in [2.24, 2.45) is 0 Å². The zero-order valence-corrected chi connectivity index (χ0v) is 10.7. The molecule has 12 heteroatoms. The molecule has 2 rings (SSSR count). The van der Waals surface area contributed by atoms with Gasteiger partial charge in [0.25, 0.3) is 11.5 Å². The number of nitro groups is 1. The maximum absolute atomic E-state index is 13.6. The van der Waals surface area contributed by atoms with Crippen molar-refractivity contribution in [2.75, 3.05) is 5.84 Å². The molecule has 0 atom stereocenters. The van der Waals surface area contributed by atoms with Crippen molar-refractivity contribution < 1.29 is 22.5 Å². The van der Waals surface area contributed by atoms with E-state index in [1.54, 1.807) is 0 Å². The van der Waals surface area contributed by atoms with Crippen LogP contribution in [0, 0.1) is 15.9 Å². The molecule has 0 saturated carbocycles. The van der Waals surface area contributed by atoms with Crippen LogP contribution < -0.4 is 5.84 Å². The number of hydrogen-bond acceptors (Lipinski definition) is 6. The van der Waals surface area contributed by atoms with Gasteiger partial charge in [-0.25, -0.2) is 9.07 Å². The molecule has 1 heterocycles. The number of alkyl halides is 3. The van der Waals surface area contributed by atoms with Gasteiger partial charge in [0, 0.05) is 6.07 Å². The average Bonchev–Trinajstić information content (AvgIpc) is 2.73. The molecule has 0 radical (unpaired) electrons. The molecule has 2 N–H and O–H groups in total. The summed E-state index contributed by atoms with van der Waals surface area (Å²) in [6.07, 6.45) is -4.80. The molecule has 0 unspecified atom stereocenters. The highest BCUT2D eigenvalue weighted by atomic mass is 32.2. The first-order chi connectivity index (χ1) is 9.70. The van der Waals surface area contributed by atoms with Gasteiger partial charge in [-0.3, -0.25) is 10.1 Å². The van der Waals surface area contributed by atoms with Crippen molar-refractivity contribution in [3.63, 3.8) is 0 Å². The summed E-state index contributed by atoms with van der Waals surface area (Å²) in [4.78, 5) is 9.48. The molecule has 1 aromatic carbocycles. The van der Waals surface area contributed by atoms with Crippen molar-refractivity contribution in [3.05, 3.63) is 40.0 Å². The Morgan fingerprint density at radius 2 is 2.00 bits per heavy atom. The Morgan fingerprint density at radius 3 is 2.48 bits per heavy atom. The molecular weight excluding hydrogens is 318 g/mol. The highest BCUT2D eigenvalue weighted by Gasteiger charge is 2.38. The van der Waals surface area contributed by atoms with Crippen LogP contribution in [0.25, 0.3) is 0 Å². The second-order valence-corrected chi connectivity index (χ2v) is 4.66. The lowest BCUT2D eigenvalue weighted by Gasteiger charge is -2.06. The number of halogens is 4. The molecule has 2 aromatic rings. The highest BCUT2D eigenvalue weighted by Crippen LogP contribution is 2.33. The molecule has 0 aliphatic carbocycles. The first-order valence-electron chi connectivity index (χ1n) is 5.09. The Morgan fingerprint density at radius 1 is 1.33 bits per heavy atom. The van der Waals surface area contributed by atoms with Gasteiger partial charge in [0.1, 0.15) is 5.82 Å². The molecule has 0 aliphatic rings. The summed E-state index contributed by atoms with van der Waals surface area (Å²) in [5.41, 5.74) is -0.484. The fraction of sp³-hybridized carbons (Fsp3) is 0.111. The number of benzene rings is 1. The van der Waals surface area contributed by atoms with Crippen LogP contribution in [0.15, 0.2) is 28.3 Å². The van der Waals surface area contributed by atoms with Gasteiger partial charge in [0.05, 0.1) is 15.9 Å². The summed E-state index contributed by atoms with van der Waals surface area (Å²) in [5.74, 6) is 2.77. The van der Waals surface area contributed by atoms with E-state index in [1.165, 1.54) is 0 Å². The molecular formula is C9H5F4N5O2S. The van der Waals surface area contributed by atoms with E-state index in [2.05, 4.69) is 10.2 Å². The first-order valence-corrected chi connectivity index (χ1v) is 5.91. The third-order valence-electron chi connectivity index (χ3n) is 2.25. The summed E-state index contributed by atoms with van der Waals surface area (Å²) in [6.45, 7) is 0. The second-order valence-electron chi connectivity index (χ2n) is 3.65. The number of nitrogens with zero attached hydrogens (tertiary/aromatic N) is 4. The third kappa shape index (κ3) is 3.04. The van der Waals surface area contributed by atoms with E-state index >= 15 is 0 Å². The minimum atomic E-state index is -4.80. The number of nitrogens with two attached hydrogens (primary N) is 1. The van der Waals surface area contributed by atoms with E-state index in [0.717, 1.165) is 12.1 Å². The van der Waals surface area contributed by atoms with Crippen molar-refractivity contribution in [1.82, 2.24) is 14.9 Å². The molecule has 0 bridgehead atoms. The van der Waals surface area contributed by atoms with Crippen LogP contribution in [0.5, 0.6) is 0 Å². The standard InChI is InChI=1S/C9H5F4N5O2S/c10-5-3-4(18(19)20)1-2-6(5)21-8-16-15-7(17(8)14)9(11,12)13/h1-3H,14H2. The second kappa shape index (κ2) is 5.20. The van der Waals surface area contributed by atoms with Crippen LogP contribution in [0.4, 0.5) is 23.2 Å². The lowest BCUT2D eigenvalue weighted by molar-refractivity contribution is -0.385. The third-order valence-corrected chi connectivity index (χ3v) is 3.26. The number of non-ortho nitro benzene ring substituents is 1. The Kier molecular flexibility index (Phi) is 3.72. The summed E-state index contributed by atoms with van der Waals surface area (Å²) >= 11 is 0.465. The van der Waals surface area contributed by atoms with E-state index in [-0.39, 0.29) is 9.57 Å². The van der Waals surface area contributed by atoms with Crippen LogP contribution in [0.2, 0.25) is 0 Å². The smallest absolute Gasteiger partial charge is 0.335 e. The SMILES string of the molecule is Nn1c(Sc2ccc([N+](=O)[O-])cc2F)nnc1C(F)(F)F. The molecule has 0 saturated heterocycles. The number of rotatable bonds is 3. The van der Waals surface area contributed by atoms with Gasteiger partial charge in [-0.05, 0) is 17.8 Å². The lowest BCUT2D eigenvalue weighted by Crippen LogP contribution is -2.21. The largest absolute Gasteiger partial charge is 0.453 e. The van der Waals surface area contributed by atoms with E-state index in [4.69, 9.17) is 5.84 Å². The molecule has 1 aromatic heterocycles. The summed E-state index contributed by atoms with van der Waals surface area (Å²) < 4.78 is 51.2. The van der Waals surface area contributed by atoms with Gasteiger partial charge in [0.15, 0.2) is 0 Å². The fourth-order valence-corrected chi connectivity index (χ4v) is 2.08. The highest BCUT2D eigenvalue weighted by molar-refractivity contribution is 7.99. The van der Waals surface area contributed by atoms with E-state index in [1.807, 2.05) is 0 Å². The molecule has 112 valence electrons. The van der Waals surface area contributed by atoms with Crippen molar-refractivity contribution in [1.29, 1.82) is 0 Å². The Hall–Kier alpha value is -2.37. The molecule has 0 spiro atoms. The van der Waals surface area contributed by atoms with E-state index in [0.29, 0.717) is 17.8 Å². The first kappa shape index (κ1) is 15.0. The Balaban J connectivity index is 2.31. The van der Waals surface area contributed by atoms with Crippen LogP contribution in [0.3, 0.4) is 0 Å². The minimum absolute atomic E-state index is 0.172. The maximum Gasteiger partial charge on any atom is 0.453 e. The zero-order chi connectivity index (χ0) is 15.8. The summed E-state index contributed by atoms with van der Waals surface area (Å²) in [6, 6.07) is 2.69. The van der Waals surface area contributed by atoms with Crippen molar-refractivity contribution in [3.8, 4) is 0 Å². The topological polar surface area (TPSA) is 99.9 Å². The Bertz CT molecular complexity index is 702. The van der Waals surface area contributed by atoms with Crippen LogP contribution in [0.1, 0.15) is 5.82 Å². The van der Waals surface area contributed by atoms with Crippen LogP contribution >= 0.6 is 11.8 Å². The predicted molar refractivity (Wildman–Crippen MR) is 62.4 cm³/mol. The number of hydrogen-bond donors (Lipinski definition) is 1. The lowest BCUT2D eigenvalue weighted by atomic mass is 10.3. The maximum atomic E-state index is 13.6. The summed E-state index contributed by atoms with van der Waals surface area (Å²) in [5, 5.41) is 16.1. The Labute approximate surface area is 117 Å². The van der Waals surface area contributed by atoms with E-state index < -0.39 is 33.6 Å². The van der Waals surface area contributed by atoms with Crippen molar-refractivity contribution in [2.45, 2.75) is 16.2 Å². The molecule has 0 fully saturated rings. The normalized spacial score (nSPS) is 11.6. The van der Waals surface area contributed by atoms with Crippen LogP contribution in [-0.2, 0) is 6.18 Å². The number of nitro benzene ring substituents is 1. The van der Waals surface area contributed by atoms with Gasteiger partial charge < -0.3 is 5.84 Å². The van der Waals surface area contributed by atoms with Gasteiger partial charge in [-0.15, -0.1) is 10.2 Å². The summed E-state index contributed by atoms with van der Waals surface area (Å²) in [7, 11) is 0. The van der Waals surface area contributed by atoms with E-state index in [9.17, 15) is 27.7 Å². The zero-order valence-electron chi connectivity index (χ0n) is 9.83. The average molecular weight is 323 g/mol. The molecule has 0 aliphatic heterocycles. The fourth-order valence-electron chi connectivity index (χ4n) is 1.32. The predicted octanol–water partition coefficient (Wildman–Crippen LogP) is 2.21. The van der Waals surface area contributed by atoms with Gasteiger partial charge in [-0.2, -0.15) is 13.2 Å². The van der Waals surface area contributed by atoms with Crippen LogP contribution in [-0.4, -0.2) is 19.8 Å². The number of aromatic nitrogens is 3. The molecule has 7 nitrogen and oxygen atoms in total. The molecule has 0 amide bonds. The number of nitrogen functional groups attached to an aromatic ring is 1. The van der Waals surface area contributed by atoms with Gasteiger partial charge >= 0.3 is 6.18 Å². The quantitative estimate of drug-likeness (QED) is 0.402. The van der Waals surface area contributed by atoms with Gasteiger partial charge in [-0.1, -0.05) is 0 Å². The molecule has 21 heavy (non-hydrogen) atoms. The monoisotopic (exact) mass is 323 g/mol. The van der Waals surface area contributed by atoms with Gasteiger partial charge in [0.2, 0.25) is 5.16 Å². The minimum Gasteiger partial charge on any atom is -0.335 e.